The van der Waals surface area contributed by atoms with Crippen molar-refractivity contribution in [2.75, 3.05) is 49.1 Å². The van der Waals surface area contributed by atoms with E-state index in [1.165, 1.54) is 6.07 Å². The third-order valence-corrected chi connectivity index (χ3v) is 5.18. The number of pyridine rings is 1. The number of nitrogens with zero attached hydrogens (tertiary/aromatic N) is 4. The van der Waals surface area contributed by atoms with E-state index in [1.54, 1.807) is 18.3 Å². The summed E-state index contributed by atoms with van der Waals surface area (Å²) in [6.45, 7) is 4.34. The van der Waals surface area contributed by atoms with Gasteiger partial charge in [-0.15, -0.1) is 0 Å². The van der Waals surface area contributed by atoms with Crippen LogP contribution in [-0.4, -0.2) is 55.1 Å². The highest BCUT2D eigenvalue weighted by Gasteiger charge is 2.27. The van der Waals surface area contributed by atoms with Crippen LogP contribution in [0.15, 0.2) is 42.6 Å². The Morgan fingerprint density at radius 1 is 0.885 bits per heavy atom. The monoisotopic (exact) mass is 354 g/mol. The van der Waals surface area contributed by atoms with Gasteiger partial charge in [0.1, 0.15) is 11.6 Å². The Morgan fingerprint density at radius 3 is 2.35 bits per heavy atom. The summed E-state index contributed by atoms with van der Waals surface area (Å²) in [5, 5.41) is 0. The number of aromatic nitrogens is 1. The molecule has 1 amide bonds. The Bertz CT molecular complexity index is 783. The maximum atomic E-state index is 14.0. The second-order valence-corrected chi connectivity index (χ2v) is 6.80. The molecule has 1 aromatic heterocycles. The molecule has 0 saturated carbocycles. The van der Waals surface area contributed by atoms with Crippen molar-refractivity contribution < 1.29 is 9.18 Å². The summed E-state index contributed by atoms with van der Waals surface area (Å²) < 4.78 is 14.0. The van der Waals surface area contributed by atoms with Crippen LogP contribution in [0.5, 0.6) is 0 Å². The molecule has 2 aromatic rings. The lowest BCUT2D eigenvalue weighted by atomic mass is 10.1. The molecular formula is C20H23FN4O. The number of rotatable bonds is 3. The summed E-state index contributed by atoms with van der Waals surface area (Å²) in [6, 6.07) is 10.5. The minimum Gasteiger partial charge on any atom is -0.366 e. The van der Waals surface area contributed by atoms with Crippen molar-refractivity contribution in [1.29, 1.82) is 0 Å². The number of carbonyl (C=O) groups excluding carboxylic acids is 1. The van der Waals surface area contributed by atoms with Gasteiger partial charge in [0.2, 0.25) is 0 Å². The normalized spacial score (nSPS) is 17.7. The van der Waals surface area contributed by atoms with E-state index in [4.69, 9.17) is 0 Å². The second-order valence-electron chi connectivity index (χ2n) is 6.80. The molecule has 0 aliphatic carbocycles. The molecule has 4 rings (SSSR count). The third-order valence-electron chi connectivity index (χ3n) is 5.18. The zero-order valence-electron chi connectivity index (χ0n) is 14.8. The molecule has 6 heteroatoms. The Hall–Kier alpha value is -2.63. The van der Waals surface area contributed by atoms with Gasteiger partial charge in [0.25, 0.3) is 5.91 Å². The number of halogens is 1. The van der Waals surface area contributed by atoms with Crippen LogP contribution < -0.4 is 9.80 Å². The maximum absolute atomic E-state index is 14.0. The summed E-state index contributed by atoms with van der Waals surface area (Å²) in [7, 11) is 0. The second kappa shape index (κ2) is 7.32. The van der Waals surface area contributed by atoms with E-state index in [0.717, 1.165) is 31.7 Å². The van der Waals surface area contributed by atoms with Crippen LogP contribution >= 0.6 is 0 Å². The van der Waals surface area contributed by atoms with Gasteiger partial charge in [0.15, 0.2) is 0 Å². The van der Waals surface area contributed by atoms with Gasteiger partial charge >= 0.3 is 0 Å². The first-order chi connectivity index (χ1) is 12.7. The third kappa shape index (κ3) is 3.23. The first-order valence-corrected chi connectivity index (χ1v) is 9.23. The number of carbonyl (C=O) groups is 1. The minimum absolute atomic E-state index is 0.0215. The van der Waals surface area contributed by atoms with E-state index in [1.807, 2.05) is 28.0 Å². The minimum atomic E-state index is -0.212. The summed E-state index contributed by atoms with van der Waals surface area (Å²) >= 11 is 0. The molecule has 2 fully saturated rings. The molecule has 2 saturated heterocycles. The van der Waals surface area contributed by atoms with E-state index in [2.05, 4.69) is 9.88 Å². The number of piperazine rings is 1. The summed E-state index contributed by atoms with van der Waals surface area (Å²) in [4.78, 5) is 23.6. The van der Waals surface area contributed by atoms with Gasteiger partial charge in [-0.1, -0.05) is 12.1 Å². The van der Waals surface area contributed by atoms with Gasteiger partial charge < -0.3 is 14.7 Å². The van der Waals surface area contributed by atoms with Gasteiger partial charge in [0.05, 0.1) is 11.3 Å². The molecule has 0 atom stereocenters. The molecular weight excluding hydrogens is 331 g/mol. The van der Waals surface area contributed by atoms with Gasteiger partial charge in [-0.3, -0.25) is 4.79 Å². The van der Waals surface area contributed by atoms with Gasteiger partial charge in [0, 0.05) is 45.5 Å². The van der Waals surface area contributed by atoms with Gasteiger partial charge in [-0.05, 0) is 37.1 Å². The van der Waals surface area contributed by atoms with E-state index < -0.39 is 0 Å². The first-order valence-electron chi connectivity index (χ1n) is 9.23. The molecule has 3 heterocycles. The van der Waals surface area contributed by atoms with Crippen molar-refractivity contribution in [3.8, 4) is 0 Å². The number of hydrogen-bond acceptors (Lipinski definition) is 4. The highest BCUT2D eigenvalue weighted by atomic mass is 19.1. The standard InChI is InChI=1S/C20H23FN4O/c21-17-7-1-2-8-18(17)23-12-14-25(15-13-23)20(26)16-6-5-9-22-19(16)24-10-3-4-11-24/h1-2,5-9H,3-4,10-15H2. The van der Waals surface area contributed by atoms with E-state index >= 15 is 0 Å². The molecule has 136 valence electrons. The lowest BCUT2D eigenvalue weighted by Crippen LogP contribution is -2.49. The average molecular weight is 354 g/mol. The highest BCUT2D eigenvalue weighted by molar-refractivity contribution is 5.99. The lowest BCUT2D eigenvalue weighted by Gasteiger charge is -2.36. The zero-order chi connectivity index (χ0) is 17.9. The first kappa shape index (κ1) is 16.8. The molecule has 0 unspecified atom stereocenters. The van der Waals surface area contributed by atoms with E-state index in [-0.39, 0.29) is 11.7 Å². The smallest absolute Gasteiger partial charge is 0.257 e. The predicted octanol–water partition coefficient (Wildman–Crippen LogP) is 2.78. The van der Waals surface area contributed by atoms with Crippen molar-refractivity contribution in [1.82, 2.24) is 9.88 Å². The van der Waals surface area contributed by atoms with Crippen LogP contribution in [0, 0.1) is 5.82 Å². The van der Waals surface area contributed by atoms with Crippen LogP contribution in [0.1, 0.15) is 23.2 Å². The fraction of sp³-hybridized carbons (Fsp3) is 0.400. The number of anilines is 2. The van der Waals surface area contributed by atoms with Crippen molar-refractivity contribution in [3.63, 3.8) is 0 Å². The fourth-order valence-corrected chi connectivity index (χ4v) is 3.77. The largest absolute Gasteiger partial charge is 0.366 e. The van der Waals surface area contributed by atoms with Crippen LogP contribution in [0.25, 0.3) is 0 Å². The molecule has 2 aliphatic rings. The molecule has 0 bridgehead atoms. The van der Waals surface area contributed by atoms with Crippen molar-refractivity contribution >= 4 is 17.4 Å². The molecule has 26 heavy (non-hydrogen) atoms. The average Bonchev–Trinajstić information content (AvgIpc) is 3.23. The Balaban J connectivity index is 1.47. The molecule has 1 aromatic carbocycles. The molecule has 0 N–H and O–H groups in total. The number of hydrogen-bond donors (Lipinski definition) is 0. The number of amides is 1. The van der Waals surface area contributed by atoms with Gasteiger partial charge in [-0.25, -0.2) is 9.37 Å². The molecule has 0 radical (unpaired) electrons. The predicted molar refractivity (Wildman–Crippen MR) is 100 cm³/mol. The van der Waals surface area contributed by atoms with E-state index in [9.17, 15) is 9.18 Å². The Labute approximate surface area is 153 Å². The van der Waals surface area contributed by atoms with Gasteiger partial charge in [-0.2, -0.15) is 0 Å². The maximum Gasteiger partial charge on any atom is 0.257 e. The Morgan fingerprint density at radius 2 is 1.62 bits per heavy atom. The van der Waals surface area contributed by atoms with Crippen molar-refractivity contribution in [2.45, 2.75) is 12.8 Å². The topological polar surface area (TPSA) is 39.7 Å². The van der Waals surface area contributed by atoms with Crippen LogP contribution in [0.4, 0.5) is 15.9 Å². The molecule has 0 spiro atoms. The van der Waals surface area contributed by atoms with E-state index in [0.29, 0.717) is 37.4 Å². The summed E-state index contributed by atoms with van der Waals surface area (Å²) in [5.74, 6) is 0.607. The summed E-state index contributed by atoms with van der Waals surface area (Å²) in [6.07, 6.45) is 4.04. The van der Waals surface area contributed by atoms with Crippen LogP contribution in [0.2, 0.25) is 0 Å². The number of para-hydroxylation sites is 1. The SMILES string of the molecule is O=C(c1cccnc1N1CCCC1)N1CCN(c2ccccc2F)CC1. The lowest BCUT2D eigenvalue weighted by molar-refractivity contribution is 0.0747. The number of benzene rings is 1. The quantitative estimate of drug-likeness (QED) is 0.850. The van der Waals surface area contributed by atoms with Crippen LogP contribution in [0.3, 0.4) is 0 Å². The van der Waals surface area contributed by atoms with Crippen molar-refractivity contribution in [2.24, 2.45) is 0 Å². The summed E-state index contributed by atoms with van der Waals surface area (Å²) in [5.41, 5.74) is 1.28. The fourth-order valence-electron chi connectivity index (χ4n) is 3.77. The van der Waals surface area contributed by atoms with Crippen molar-refractivity contribution in [3.05, 3.63) is 54.0 Å². The molecule has 5 nitrogen and oxygen atoms in total. The Kier molecular flexibility index (Phi) is 4.73. The zero-order valence-corrected chi connectivity index (χ0v) is 14.8. The molecule has 2 aliphatic heterocycles. The highest BCUT2D eigenvalue weighted by Crippen LogP contribution is 2.25. The van der Waals surface area contributed by atoms with Crippen LogP contribution in [-0.2, 0) is 0 Å².